The summed E-state index contributed by atoms with van der Waals surface area (Å²) in [6, 6.07) is 5.53. The Morgan fingerprint density at radius 3 is 2.75 bits per heavy atom. The highest BCUT2D eigenvalue weighted by molar-refractivity contribution is 8.00. The van der Waals surface area contributed by atoms with Crippen molar-refractivity contribution in [2.45, 2.75) is 17.8 Å². The zero-order valence-electron chi connectivity index (χ0n) is 18.6. The number of fused-ring (bicyclic) bond motifs is 1. The van der Waals surface area contributed by atoms with E-state index in [2.05, 4.69) is 20.6 Å². The van der Waals surface area contributed by atoms with Crippen molar-refractivity contribution in [1.29, 1.82) is 0 Å². The van der Waals surface area contributed by atoms with Crippen LogP contribution in [0, 0.1) is 0 Å². The number of allylic oxidation sites excluding steroid dienone is 2. The lowest BCUT2D eigenvalue weighted by molar-refractivity contribution is -0.150. The van der Waals surface area contributed by atoms with Gasteiger partial charge < -0.3 is 27.2 Å². The molecule has 2 aliphatic heterocycles. The number of hydrogen-bond donors (Lipinski definition) is 5. The summed E-state index contributed by atoms with van der Waals surface area (Å²) in [5.41, 5.74) is 12.7. The van der Waals surface area contributed by atoms with Crippen LogP contribution < -0.4 is 22.1 Å². The Morgan fingerprint density at radius 1 is 1.25 bits per heavy atom. The molecule has 0 radical (unpaired) electrons. The summed E-state index contributed by atoms with van der Waals surface area (Å²) < 4.78 is 0. The molecule has 36 heavy (non-hydrogen) atoms. The van der Waals surface area contributed by atoms with E-state index in [0.29, 0.717) is 39.2 Å². The Kier molecular flexibility index (Phi) is 7.57. The molecule has 0 bridgehead atoms. The highest BCUT2D eigenvalue weighted by Gasteiger charge is 2.53. The van der Waals surface area contributed by atoms with Crippen LogP contribution >= 0.6 is 35.0 Å². The lowest BCUT2D eigenvalue weighted by Crippen LogP contribution is -2.70. The third-order valence-electron chi connectivity index (χ3n) is 5.35. The highest BCUT2D eigenvalue weighted by atomic mass is 35.5. The van der Waals surface area contributed by atoms with E-state index in [0.717, 1.165) is 0 Å². The molecule has 11 nitrogen and oxygen atoms in total. The van der Waals surface area contributed by atoms with Gasteiger partial charge in [-0.05, 0) is 23.8 Å². The fourth-order valence-corrected chi connectivity index (χ4v) is 5.45. The maximum atomic E-state index is 12.8. The molecule has 1 unspecified atom stereocenters. The predicted molar refractivity (Wildman–Crippen MR) is 138 cm³/mol. The van der Waals surface area contributed by atoms with E-state index in [9.17, 15) is 19.5 Å². The van der Waals surface area contributed by atoms with Gasteiger partial charge in [0.05, 0.1) is 22.9 Å². The molecule has 1 saturated heterocycles. The van der Waals surface area contributed by atoms with Gasteiger partial charge in [0.15, 0.2) is 0 Å². The molecule has 188 valence electrons. The number of aliphatic carboxylic acids is 1. The third-order valence-corrected chi connectivity index (χ3v) is 7.21. The fraction of sp³-hybridized carbons (Fsp3) is 0.227. The van der Waals surface area contributed by atoms with Gasteiger partial charge in [-0.1, -0.05) is 35.4 Å². The summed E-state index contributed by atoms with van der Waals surface area (Å²) in [4.78, 5) is 46.3. The van der Waals surface area contributed by atoms with Crippen LogP contribution in [0.4, 0.5) is 17.5 Å². The molecule has 1 aromatic heterocycles. The van der Waals surface area contributed by atoms with E-state index >= 15 is 0 Å². The molecule has 0 saturated carbocycles. The van der Waals surface area contributed by atoms with Crippen LogP contribution in [0.25, 0.3) is 0 Å². The maximum absolute atomic E-state index is 12.8. The summed E-state index contributed by atoms with van der Waals surface area (Å²) in [5, 5.41) is 15.6. The van der Waals surface area contributed by atoms with Crippen molar-refractivity contribution in [3.8, 4) is 0 Å². The number of nitrogens with two attached hydrogens (primary N) is 2. The Bertz CT molecular complexity index is 1280. The molecule has 0 spiro atoms. The number of carbonyl (C=O) groups is 3. The molecular weight excluding hydrogens is 529 g/mol. The fourth-order valence-electron chi connectivity index (χ4n) is 3.77. The minimum absolute atomic E-state index is 0.0463. The molecule has 14 heteroatoms. The summed E-state index contributed by atoms with van der Waals surface area (Å²) in [7, 11) is 0. The molecule has 0 aliphatic carbocycles. The number of hydrogen-bond acceptors (Lipinski definition) is 9. The molecule has 3 heterocycles. The number of halogens is 2. The summed E-state index contributed by atoms with van der Waals surface area (Å²) in [5.74, 6) is -1.56. The Morgan fingerprint density at radius 2 is 2.03 bits per heavy atom. The molecular formula is C22H21Cl2N7O4S. The number of nitrogens with one attached hydrogen (secondary N) is 2. The highest BCUT2D eigenvalue weighted by Crippen LogP contribution is 2.40. The predicted octanol–water partition coefficient (Wildman–Crippen LogP) is 1.90. The van der Waals surface area contributed by atoms with Crippen molar-refractivity contribution in [2.75, 3.05) is 29.1 Å². The topological polar surface area (TPSA) is 177 Å². The van der Waals surface area contributed by atoms with Gasteiger partial charge in [-0.25, -0.2) is 9.78 Å². The number of carboxylic acid groups (broad SMARTS) is 1. The van der Waals surface area contributed by atoms with Gasteiger partial charge in [0.1, 0.15) is 22.9 Å². The number of benzene rings is 1. The third kappa shape index (κ3) is 5.50. The minimum Gasteiger partial charge on any atom is -0.477 e. The zero-order chi connectivity index (χ0) is 26.0. The van der Waals surface area contributed by atoms with E-state index in [-0.39, 0.29) is 24.0 Å². The van der Waals surface area contributed by atoms with Crippen LogP contribution in [0.5, 0.6) is 0 Å². The first-order chi connectivity index (χ1) is 17.1. The normalized spacial score (nSPS) is 19.2. The van der Waals surface area contributed by atoms with Gasteiger partial charge >= 0.3 is 5.97 Å². The second-order valence-corrected chi connectivity index (χ2v) is 9.81. The van der Waals surface area contributed by atoms with Crippen molar-refractivity contribution in [3.05, 3.63) is 63.4 Å². The standard InChI is InChI=1S/C22H21Cl2N7O4S/c23-11-4-5-13(24)14(6-11)27-8-16(32)30-17-19(33)31-18(21(34)35)10(9-36-20(17)31)2-1-3-12-7-15(25)29-22(26)28-12/h1-2,4-7,17,20,27H,3,8-9H2,(H,30,32)(H,34,35)(H4,25,26,28,29)/b2-1+/t17-,20?/m1/s1. The minimum atomic E-state index is -1.23. The molecule has 7 N–H and O–H groups in total. The number of amides is 2. The summed E-state index contributed by atoms with van der Waals surface area (Å²) in [6.07, 6.45) is 3.70. The van der Waals surface area contributed by atoms with Gasteiger partial charge in [-0.2, -0.15) is 4.98 Å². The first-order valence-electron chi connectivity index (χ1n) is 10.6. The maximum Gasteiger partial charge on any atom is 0.352 e. The summed E-state index contributed by atoms with van der Waals surface area (Å²) >= 11 is 13.4. The van der Waals surface area contributed by atoms with Gasteiger partial charge in [0, 0.05) is 23.3 Å². The largest absolute Gasteiger partial charge is 0.477 e. The number of rotatable bonds is 8. The zero-order valence-corrected chi connectivity index (χ0v) is 20.9. The average molecular weight is 550 g/mol. The van der Waals surface area contributed by atoms with Crippen LogP contribution in [-0.4, -0.2) is 61.5 Å². The van der Waals surface area contributed by atoms with Crippen LogP contribution in [0.15, 0.2) is 47.7 Å². The Labute approximate surface area is 219 Å². The Hall–Kier alpha value is -3.48. The number of carbonyl (C=O) groups excluding carboxylic acids is 2. The van der Waals surface area contributed by atoms with E-state index in [1.807, 2.05) is 0 Å². The molecule has 2 aromatic rings. The number of nitrogens with zero attached hydrogens (tertiary/aromatic N) is 3. The van der Waals surface area contributed by atoms with Crippen LogP contribution in [-0.2, 0) is 20.8 Å². The van der Waals surface area contributed by atoms with Gasteiger partial charge in [-0.15, -0.1) is 11.8 Å². The Balaban J connectivity index is 1.40. The SMILES string of the molecule is Nc1cc(C/C=C/C2=C(C(=O)O)N3C(=O)[C@@H](NC(=O)CNc4cc(Cl)ccc4Cl)C3SC2)nc(N)n1. The number of β-lactam (4-membered cyclic amide) rings is 1. The monoisotopic (exact) mass is 549 g/mol. The van der Waals surface area contributed by atoms with Crippen molar-refractivity contribution >= 4 is 70.2 Å². The van der Waals surface area contributed by atoms with Crippen molar-refractivity contribution < 1.29 is 19.5 Å². The second kappa shape index (κ2) is 10.6. The van der Waals surface area contributed by atoms with E-state index in [1.54, 1.807) is 36.4 Å². The lowest BCUT2D eigenvalue weighted by atomic mass is 10.0. The van der Waals surface area contributed by atoms with Gasteiger partial charge in [0.2, 0.25) is 11.9 Å². The van der Waals surface area contributed by atoms with Gasteiger partial charge in [-0.3, -0.25) is 14.5 Å². The van der Waals surface area contributed by atoms with Gasteiger partial charge in [0.25, 0.3) is 5.91 Å². The van der Waals surface area contributed by atoms with Crippen molar-refractivity contribution in [3.63, 3.8) is 0 Å². The van der Waals surface area contributed by atoms with Crippen LogP contribution in [0.2, 0.25) is 10.0 Å². The molecule has 2 atom stereocenters. The quantitative estimate of drug-likeness (QED) is 0.305. The number of thioether (sulfide) groups is 1. The van der Waals surface area contributed by atoms with Crippen molar-refractivity contribution in [2.24, 2.45) is 0 Å². The second-order valence-electron chi connectivity index (χ2n) is 7.86. The molecule has 1 fully saturated rings. The van der Waals surface area contributed by atoms with Crippen LogP contribution in [0.1, 0.15) is 5.69 Å². The van der Waals surface area contributed by atoms with E-state index in [1.165, 1.54) is 16.7 Å². The first-order valence-corrected chi connectivity index (χ1v) is 12.4. The van der Waals surface area contributed by atoms with E-state index in [4.69, 9.17) is 34.7 Å². The lowest BCUT2D eigenvalue weighted by Gasteiger charge is -2.49. The van der Waals surface area contributed by atoms with Crippen molar-refractivity contribution in [1.82, 2.24) is 20.2 Å². The summed E-state index contributed by atoms with van der Waals surface area (Å²) in [6.45, 7) is -0.144. The smallest absolute Gasteiger partial charge is 0.352 e. The number of nitrogen functional groups attached to an aromatic ring is 2. The molecule has 2 aliphatic rings. The number of carboxylic acids is 1. The number of anilines is 3. The average Bonchev–Trinajstić information content (AvgIpc) is 2.82. The molecule has 1 aromatic carbocycles. The molecule has 4 rings (SSSR count). The van der Waals surface area contributed by atoms with Crippen LogP contribution in [0.3, 0.4) is 0 Å². The van der Waals surface area contributed by atoms with E-state index < -0.39 is 29.2 Å². The molecule has 2 amide bonds. The number of aromatic nitrogens is 2. The first kappa shape index (κ1) is 25.6.